The number of halogens is 4. The molecule has 38 heavy (non-hydrogen) atoms. The van der Waals surface area contributed by atoms with Gasteiger partial charge in [-0.2, -0.15) is 13.2 Å². The third kappa shape index (κ3) is 6.99. The predicted octanol–water partition coefficient (Wildman–Crippen LogP) is 4.17. The lowest BCUT2D eigenvalue weighted by atomic mass is 10.2. The second-order valence-electron chi connectivity index (χ2n) is 9.32. The Morgan fingerprint density at radius 2 is 1.63 bits per heavy atom. The van der Waals surface area contributed by atoms with Crippen LogP contribution in [0.4, 0.5) is 18.9 Å². The molecule has 0 unspecified atom stereocenters. The highest BCUT2D eigenvalue weighted by Crippen LogP contribution is 2.30. The van der Waals surface area contributed by atoms with Gasteiger partial charge >= 0.3 is 11.9 Å². The summed E-state index contributed by atoms with van der Waals surface area (Å²) in [4.78, 5) is 30.0. The molecule has 0 spiro atoms. The number of nitrogens with zero attached hydrogens (tertiary/aromatic N) is 4. The van der Waals surface area contributed by atoms with Crippen LogP contribution in [0.1, 0.15) is 17.5 Å². The number of benzene rings is 2. The van der Waals surface area contributed by atoms with Gasteiger partial charge in [-0.05, 0) is 43.7 Å². The number of anilines is 1. The molecule has 1 aliphatic rings. The van der Waals surface area contributed by atoms with Crippen molar-refractivity contribution in [3.63, 3.8) is 0 Å². The summed E-state index contributed by atoms with van der Waals surface area (Å²) in [5, 5.41) is 0.559. The molecule has 3 aromatic rings. The van der Waals surface area contributed by atoms with Gasteiger partial charge in [-0.15, -0.1) is 0 Å². The molecule has 0 amide bonds. The molecule has 11 heteroatoms. The molecule has 1 saturated heterocycles. The second kappa shape index (κ2) is 12.1. The molecule has 0 N–H and O–H groups in total. The van der Waals surface area contributed by atoms with Crippen molar-refractivity contribution in [2.45, 2.75) is 32.6 Å². The average molecular weight is 551 g/mol. The number of aromatic nitrogens is 2. The number of ether oxygens (including phenoxy) is 1. The van der Waals surface area contributed by atoms with E-state index in [9.17, 15) is 22.8 Å². The Labute approximate surface area is 223 Å². The zero-order chi connectivity index (χ0) is 27.3. The van der Waals surface area contributed by atoms with E-state index in [0.717, 1.165) is 5.56 Å². The zero-order valence-electron chi connectivity index (χ0n) is 21.1. The summed E-state index contributed by atoms with van der Waals surface area (Å²) in [5.74, 6) is 0.213. The monoisotopic (exact) mass is 550 g/mol. The standard InChI is InChI=1S/C27H30ClF3N4O3/c1-20-17-34(18-21-7-2-3-8-22(21)28)26(37)35(25(20)36)12-6-11-32-13-15-33(16-14-32)23-9-4-5-10-24(23)38-19-27(29,30)31/h2-5,7-10,17H,6,11-16,18-19H2,1H3. The van der Waals surface area contributed by atoms with E-state index in [1.54, 1.807) is 43.5 Å². The number of piperazine rings is 1. The summed E-state index contributed by atoms with van der Waals surface area (Å²) in [7, 11) is 0. The lowest BCUT2D eigenvalue weighted by Gasteiger charge is -2.36. The first-order chi connectivity index (χ1) is 18.1. The zero-order valence-corrected chi connectivity index (χ0v) is 21.8. The molecule has 7 nitrogen and oxygen atoms in total. The van der Waals surface area contributed by atoms with E-state index >= 15 is 0 Å². The van der Waals surface area contributed by atoms with Crippen LogP contribution in [0.25, 0.3) is 0 Å². The second-order valence-corrected chi connectivity index (χ2v) is 9.73. The number of hydrogen-bond acceptors (Lipinski definition) is 5. The van der Waals surface area contributed by atoms with Gasteiger partial charge in [0, 0.05) is 49.5 Å². The normalized spacial score (nSPS) is 14.6. The number of hydrogen-bond donors (Lipinski definition) is 0. The van der Waals surface area contributed by atoms with Crippen LogP contribution in [0.3, 0.4) is 0 Å². The molecule has 0 saturated carbocycles. The fraction of sp³-hybridized carbons (Fsp3) is 0.407. The van der Waals surface area contributed by atoms with E-state index < -0.39 is 12.8 Å². The Morgan fingerprint density at radius 1 is 0.947 bits per heavy atom. The van der Waals surface area contributed by atoms with Gasteiger partial charge in [0.15, 0.2) is 6.61 Å². The maximum atomic E-state index is 13.1. The van der Waals surface area contributed by atoms with Crippen LogP contribution in [0.2, 0.25) is 5.02 Å². The molecule has 4 rings (SSSR count). The Morgan fingerprint density at radius 3 is 2.34 bits per heavy atom. The Hall–Kier alpha value is -3.24. The third-order valence-electron chi connectivity index (χ3n) is 6.53. The number of aryl methyl sites for hydroxylation is 1. The minimum Gasteiger partial charge on any atom is -0.482 e. The average Bonchev–Trinajstić information content (AvgIpc) is 2.89. The minimum absolute atomic E-state index is 0.213. The maximum absolute atomic E-state index is 13.1. The summed E-state index contributed by atoms with van der Waals surface area (Å²) < 4.78 is 45.7. The van der Waals surface area contributed by atoms with Gasteiger partial charge in [-0.3, -0.25) is 18.8 Å². The number of rotatable bonds is 9. The van der Waals surface area contributed by atoms with Crippen molar-refractivity contribution in [3.8, 4) is 5.75 Å². The van der Waals surface area contributed by atoms with Crippen molar-refractivity contribution in [1.29, 1.82) is 0 Å². The molecule has 0 atom stereocenters. The molecule has 1 fully saturated rings. The van der Waals surface area contributed by atoms with E-state index in [0.29, 0.717) is 55.4 Å². The molecular formula is C27H30ClF3N4O3. The highest BCUT2D eigenvalue weighted by atomic mass is 35.5. The largest absolute Gasteiger partial charge is 0.482 e. The lowest BCUT2D eigenvalue weighted by Crippen LogP contribution is -2.47. The van der Waals surface area contributed by atoms with Crippen molar-refractivity contribution in [1.82, 2.24) is 14.0 Å². The summed E-state index contributed by atoms with van der Waals surface area (Å²) in [6, 6.07) is 14.0. The molecule has 0 radical (unpaired) electrons. The number of alkyl halides is 3. The van der Waals surface area contributed by atoms with Crippen LogP contribution >= 0.6 is 11.6 Å². The fourth-order valence-corrected chi connectivity index (χ4v) is 4.78. The Balaban J connectivity index is 1.34. The molecule has 0 aliphatic carbocycles. The summed E-state index contributed by atoms with van der Waals surface area (Å²) in [6.45, 7) is 4.26. The first kappa shape index (κ1) is 27.8. The first-order valence-corrected chi connectivity index (χ1v) is 12.8. The molecule has 2 heterocycles. The van der Waals surface area contributed by atoms with Gasteiger partial charge in [-0.25, -0.2) is 4.79 Å². The van der Waals surface area contributed by atoms with Gasteiger partial charge in [0.2, 0.25) is 0 Å². The smallest absolute Gasteiger partial charge is 0.422 e. The Kier molecular flexibility index (Phi) is 8.83. The fourth-order valence-electron chi connectivity index (χ4n) is 4.58. The highest BCUT2D eigenvalue weighted by Gasteiger charge is 2.29. The van der Waals surface area contributed by atoms with Crippen LogP contribution in [-0.4, -0.2) is 59.5 Å². The van der Waals surface area contributed by atoms with E-state index in [4.69, 9.17) is 16.3 Å². The van der Waals surface area contributed by atoms with Crippen molar-refractivity contribution in [3.05, 3.63) is 91.7 Å². The van der Waals surface area contributed by atoms with Crippen LogP contribution in [0.5, 0.6) is 5.75 Å². The lowest BCUT2D eigenvalue weighted by molar-refractivity contribution is -0.153. The molecule has 1 aliphatic heterocycles. The van der Waals surface area contributed by atoms with Crippen LogP contribution in [0.15, 0.2) is 64.3 Å². The molecular weight excluding hydrogens is 521 g/mol. The van der Waals surface area contributed by atoms with Gasteiger partial charge in [0.25, 0.3) is 5.56 Å². The topological polar surface area (TPSA) is 59.7 Å². The van der Waals surface area contributed by atoms with E-state index in [1.807, 2.05) is 23.1 Å². The molecule has 1 aromatic heterocycles. The quantitative estimate of drug-likeness (QED) is 0.400. The van der Waals surface area contributed by atoms with Gasteiger partial charge < -0.3 is 9.64 Å². The van der Waals surface area contributed by atoms with Crippen LogP contribution < -0.4 is 20.9 Å². The summed E-state index contributed by atoms with van der Waals surface area (Å²) >= 11 is 6.25. The molecule has 2 aromatic carbocycles. The summed E-state index contributed by atoms with van der Waals surface area (Å²) in [6.07, 6.45) is -2.22. The van der Waals surface area contributed by atoms with Crippen molar-refractivity contribution in [2.75, 3.05) is 44.2 Å². The third-order valence-corrected chi connectivity index (χ3v) is 6.90. The van der Waals surface area contributed by atoms with Crippen LogP contribution in [0, 0.1) is 6.92 Å². The SMILES string of the molecule is Cc1cn(Cc2ccccc2Cl)c(=O)n(CCCN2CCN(c3ccccc3OCC(F)(F)F)CC2)c1=O. The molecule has 204 valence electrons. The Bertz CT molecular complexity index is 1360. The maximum Gasteiger partial charge on any atom is 0.422 e. The first-order valence-electron chi connectivity index (χ1n) is 12.4. The summed E-state index contributed by atoms with van der Waals surface area (Å²) in [5.41, 5.74) is 1.24. The van der Waals surface area contributed by atoms with E-state index in [1.165, 1.54) is 9.13 Å². The van der Waals surface area contributed by atoms with Gasteiger partial charge in [0.05, 0.1) is 12.2 Å². The van der Waals surface area contributed by atoms with Crippen molar-refractivity contribution < 1.29 is 17.9 Å². The predicted molar refractivity (Wildman–Crippen MR) is 142 cm³/mol. The van der Waals surface area contributed by atoms with Gasteiger partial charge in [-0.1, -0.05) is 41.9 Å². The minimum atomic E-state index is -4.40. The van der Waals surface area contributed by atoms with E-state index in [2.05, 4.69) is 4.90 Å². The molecule has 0 bridgehead atoms. The van der Waals surface area contributed by atoms with Crippen molar-refractivity contribution in [2.24, 2.45) is 0 Å². The van der Waals surface area contributed by atoms with Gasteiger partial charge in [0.1, 0.15) is 5.75 Å². The van der Waals surface area contributed by atoms with Crippen molar-refractivity contribution >= 4 is 17.3 Å². The number of para-hydroxylation sites is 2. The highest BCUT2D eigenvalue weighted by molar-refractivity contribution is 6.31. The van der Waals surface area contributed by atoms with Crippen LogP contribution in [-0.2, 0) is 13.1 Å². The van der Waals surface area contributed by atoms with E-state index in [-0.39, 0.29) is 30.1 Å².